The predicted molar refractivity (Wildman–Crippen MR) is 62.3 cm³/mol. The van der Waals surface area contributed by atoms with E-state index >= 15 is 0 Å². The smallest absolute Gasteiger partial charge is 0.303 e. The van der Waals surface area contributed by atoms with Crippen molar-refractivity contribution < 1.29 is 19.4 Å². The summed E-state index contributed by atoms with van der Waals surface area (Å²) >= 11 is 0. The van der Waals surface area contributed by atoms with Crippen LogP contribution in [0.2, 0.25) is 0 Å². The second-order valence-corrected chi connectivity index (χ2v) is 3.62. The van der Waals surface area contributed by atoms with Gasteiger partial charge in [-0.15, -0.1) is 0 Å². The summed E-state index contributed by atoms with van der Waals surface area (Å²) in [6, 6.07) is 3.01. The maximum absolute atomic E-state index is 11.8. The zero-order chi connectivity index (χ0) is 13.5. The highest BCUT2D eigenvalue weighted by atomic mass is 16.5. The molecule has 0 saturated heterocycles. The molecule has 3 N–H and O–H groups in total. The Morgan fingerprint density at radius 1 is 1.44 bits per heavy atom. The Hall–Kier alpha value is -2.31. The second kappa shape index (κ2) is 6.43. The van der Waals surface area contributed by atoms with E-state index < -0.39 is 17.4 Å². The van der Waals surface area contributed by atoms with Crippen LogP contribution in [0, 0.1) is 0 Å². The first-order valence-electron chi connectivity index (χ1n) is 5.33. The van der Waals surface area contributed by atoms with Crippen molar-refractivity contribution in [3.8, 4) is 5.75 Å². The van der Waals surface area contributed by atoms with Crippen LogP contribution in [0.15, 0.2) is 23.1 Å². The molecule has 1 heterocycles. The van der Waals surface area contributed by atoms with Gasteiger partial charge in [0, 0.05) is 19.2 Å². The van der Waals surface area contributed by atoms with Gasteiger partial charge < -0.3 is 20.1 Å². The summed E-state index contributed by atoms with van der Waals surface area (Å²) in [4.78, 5) is 32.7. The second-order valence-electron chi connectivity index (χ2n) is 3.62. The quantitative estimate of drug-likeness (QED) is 0.686. The first kappa shape index (κ1) is 13.8. The minimum Gasteiger partial charge on any atom is -0.481 e. The highest BCUT2D eigenvalue weighted by molar-refractivity contribution is 5.75. The number of hydrogen-bond acceptors (Lipinski definition) is 4. The van der Waals surface area contributed by atoms with Gasteiger partial charge in [0.2, 0.25) is 0 Å². The van der Waals surface area contributed by atoms with Gasteiger partial charge in [-0.25, -0.2) is 0 Å². The van der Waals surface area contributed by atoms with Gasteiger partial charge in [0.05, 0.1) is 0 Å². The molecule has 1 aromatic heterocycles. The van der Waals surface area contributed by atoms with E-state index in [1.807, 2.05) is 0 Å². The van der Waals surface area contributed by atoms with Gasteiger partial charge in [-0.1, -0.05) is 0 Å². The number of carboxylic acid groups (broad SMARTS) is 1. The third-order valence-corrected chi connectivity index (χ3v) is 2.14. The molecule has 0 aliphatic rings. The lowest BCUT2D eigenvalue weighted by Gasteiger charge is -2.07. The van der Waals surface area contributed by atoms with Crippen LogP contribution in [0.25, 0.3) is 0 Å². The SMILES string of the molecule is NC(=O)COc1cccn(CCCC(=O)O)c1=O. The zero-order valence-corrected chi connectivity index (χ0v) is 9.67. The average molecular weight is 254 g/mol. The van der Waals surface area contributed by atoms with E-state index in [2.05, 4.69) is 0 Å². The molecule has 0 aliphatic heterocycles. The molecule has 0 spiro atoms. The maximum atomic E-state index is 11.8. The Morgan fingerprint density at radius 2 is 2.17 bits per heavy atom. The van der Waals surface area contributed by atoms with Gasteiger partial charge in [-0.05, 0) is 18.6 Å². The highest BCUT2D eigenvalue weighted by Gasteiger charge is 2.06. The number of nitrogens with two attached hydrogens (primary N) is 1. The van der Waals surface area contributed by atoms with Crippen LogP contribution in [0.3, 0.4) is 0 Å². The van der Waals surface area contributed by atoms with Crippen molar-refractivity contribution in [1.29, 1.82) is 0 Å². The number of carboxylic acids is 1. The number of pyridine rings is 1. The van der Waals surface area contributed by atoms with Crippen molar-refractivity contribution in [1.82, 2.24) is 4.57 Å². The van der Waals surface area contributed by atoms with Crippen LogP contribution >= 0.6 is 0 Å². The Bertz CT molecular complexity index is 494. The lowest BCUT2D eigenvalue weighted by Crippen LogP contribution is -2.26. The average Bonchev–Trinajstić information content (AvgIpc) is 2.29. The monoisotopic (exact) mass is 254 g/mol. The number of aromatic nitrogens is 1. The van der Waals surface area contributed by atoms with Gasteiger partial charge in [-0.2, -0.15) is 0 Å². The van der Waals surface area contributed by atoms with Crippen molar-refractivity contribution in [3.05, 3.63) is 28.7 Å². The molecule has 0 bridgehead atoms. The third-order valence-electron chi connectivity index (χ3n) is 2.14. The molecule has 0 fully saturated rings. The van der Waals surface area contributed by atoms with Gasteiger partial charge in [0.15, 0.2) is 12.4 Å². The number of aliphatic carboxylic acids is 1. The molecule has 0 aliphatic carbocycles. The minimum absolute atomic E-state index is 0.0151. The molecule has 7 nitrogen and oxygen atoms in total. The largest absolute Gasteiger partial charge is 0.481 e. The molecule has 0 saturated carbocycles. The van der Waals surface area contributed by atoms with E-state index in [1.165, 1.54) is 16.8 Å². The molecule has 0 aromatic carbocycles. The minimum atomic E-state index is -0.913. The van der Waals surface area contributed by atoms with Crippen LogP contribution in [0.5, 0.6) is 5.75 Å². The first-order chi connectivity index (χ1) is 8.50. The molecule has 1 aromatic rings. The molecule has 1 rings (SSSR count). The first-order valence-corrected chi connectivity index (χ1v) is 5.33. The van der Waals surface area contributed by atoms with Crippen LogP contribution in [-0.4, -0.2) is 28.2 Å². The number of aryl methyl sites for hydroxylation is 1. The van der Waals surface area contributed by atoms with Gasteiger partial charge in [0.25, 0.3) is 11.5 Å². The molecule has 18 heavy (non-hydrogen) atoms. The zero-order valence-electron chi connectivity index (χ0n) is 9.67. The fourth-order valence-corrected chi connectivity index (χ4v) is 1.35. The Kier molecular flexibility index (Phi) is 4.91. The fourth-order valence-electron chi connectivity index (χ4n) is 1.35. The Morgan fingerprint density at radius 3 is 2.78 bits per heavy atom. The topological polar surface area (TPSA) is 112 Å². The van der Waals surface area contributed by atoms with Crippen LogP contribution < -0.4 is 16.0 Å². The van der Waals surface area contributed by atoms with Crippen molar-refractivity contribution >= 4 is 11.9 Å². The molecule has 1 amide bonds. The number of amides is 1. The maximum Gasteiger partial charge on any atom is 0.303 e. The molecule has 0 radical (unpaired) electrons. The van der Waals surface area contributed by atoms with Gasteiger partial charge in [-0.3, -0.25) is 14.4 Å². The summed E-state index contributed by atoms with van der Waals surface area (Å²) in [6.45, 7) is -0.0900. The molecular weight excluding hydrogens is 240 g/mol. The van der Waals surface area contributed by atoms with Crippen LogP contribution in [0.1, 0.15) is 12.8 Å². The molecule has 0 atom stereocenters. The third kappa shape index (κ3) is 4.28. The summed E-state index contributed by atoms with van der Waals surface area (Å²) in [6.07, 6.45) is 1.86. The van der Waals surface area contributed by atoms with E-state index in [9.17, 15) is 14.4 Å². The van der Waals surface area contributed by atoms with Crippen LogP contribution in [-0.2, 0) is 16.1 Å². The number of ether oxygens (including phenoxy) is 1. The number of rotatable bonds is 7. The van der Waals surface area contributed by atoms with Gasteiger partial charge >= 0.3 is 5.97 Å². The number of hydrogen-bond donors (Lipinski definition) is 2. The van der Waals surface area contributed by atoms with E-state index in [0.29, 0.717) is 6.42 Å². The van der Waals surface area contributed by atoms with E-state index in [-0.39, 0.29) is 25.3 Å². The molecule has 98 valence electrons. The number of carbonyl (C=O) groups excluding carboxylic acids is 1. The Balaban J connectivity index is 2.69. The number of primary amides is 1. The predicted octanol–water partition coefficient (Wildman–Crippen LogP) is -0.423. The van der Waals surface area contributed by atoms with Crippen molar-refractivity contribution in [2.75, 3.05) is 6.61 Å². The molecular formula is C11H14N2O5. The van der Waals surface area contributed by atoms with Gasteiger partial charge in [0.1, 0.15) is 0 Å². The molecule has 0 unspecified atom stereocenters. The lowest BCUT2D eigenvalue weighted by atomic mass is 10.3. The van der Waals surface area contributed by atoms with E-state index in [0.717, 1.165) is 0 Å². The van der Waals surface area contributed by atoms with E-state index in [4.69, 9.17) is 15.6 Å². The summed E-state index contributed by atoms with van der Waals surface area (Å²) in [5.74, 6) is -1.56. The molecule has 7 heteroatoms. The summed E-state index contributed by atoms with van der Waals surface area (Å²) in [5.41, 5.74) is 4.49. The lowest BCUT2D eigenvalue weighted by molar-refractivity contribution is -0.137. The van der Waals surface area contributed by atoms with Crippen molar-refractivity contribution in [3.63, 3.8) is 0 Å². The van der Waals surface area contributed by atoms with Crippen molar-refractivity contribution in [2.24, 2.45) is 5.73 Å². The van der Waals surface area contributed by atoms with Crippen molar-refractivity contribution in [2.45, 2.75) is 19.4 Å². The summed E-state index contributed by atoms with van der Waals surface area (Å²) in [7, 11) is 0. The van der Waals surface area contributed by atoms with E-state index in [1.54, 1.807) is 6.07 Å². The number of nitrogens with zero attached hydrogens (tertiary/aromatic N) is 1. The highest BCUT2D eigenvalue weighted by Crippen LogP contribution is 2.02. The normalized spacial score (nSPS) is 10.0. The fraction of sp³-hybridized carbons (Fsp3) is 0.364. The van der Waals surface area contributed by atoms with Crippen LogP contribution in [0.4, 0.5) is 0 Å². The summed E-state index contributed by atoms with van der Waals surface area (Å²) < 4.78 is 6.27. The summed E-state index contributed by atoms with van der Waals surface area (Å²) in [5, 5.41) is 8.50. The number of carbonyl (C=O) groups is 2. The standard InChI is InChI=1S/C11H14N2O5/c12-9(14)7-18-8-3-1-5-13(11(8)17)6-2-4-10(15)16/h1,3,5H,2,4,6-7H2,(H2,12,14)(H,15,16). The Labute approximate surface area is 103 Å².